The molecule has 0 N–H and O–H groups in total. The minimum Gasteiger partial charge on any atom is -0.338 e. The van der Waals surface area contributed by atoms with Crippen LogP contribution in [-0.4, -0.2) is 56.1 Å². The molecule has 0 spiro atoms. The molecule has 2 aliphatic carbocycles. The fourth-order valence-electron chi connectivity index (χ4n) is 5.23. The van der Waals surface area contributed by atoms with E-state index in [0.29, 0.717) is 24.4 Å². The molecule has 136 valence electrons. The van der Waals surface area contributed by atoms with Gasteiger partial charge in [0.05, 0.1) is 13.1 Å². The topological polar surface area (TPSA) is 54.3 Å². The number of hydrogen-bond acceptors (Lipinski definition) is 4. The molecule has 1 aromatic rings. The maximum atomic E-state index is 13.0. The van der Waals surface area contributed by atoms with Crippen molar-refractivity contribution in [3.05, 3.63) is 11.6 Å². The molecule has 1 amide bonds. The highest BCUT2D eigenvalue weighted by molar-refractivity contribution is 5.78. The molecule has 2 atom stereocenters. The van der Waals surface area contributed by atoms with E-state index in [1.807, 2.05) is 0 Å². The van der Waals surface area contributed by atoms with E-state index in [1.54, 1.807) is 0 Å². The van der Waals surface area contributed by atoms with Gasteiger partial charge in [0.25, 0.3) is 0 Å². The first-order valence-corrected chi connectivity index (χ1v) is 10.2. The van der Waals surface area contributed by atoms with Gasteiger partial charge in [0, 0.05) is 31.6 Å². The Morgan fingerprint density at radius 3 is 2.68 bits per heavy atom. The van der Waals surface area contributed by atoms with E-state index in [-0.39, 0.29) is 0 Å². The van der Waals surface area contributed by atoms with Gasteiger partial charge in [-0.05, 0) is 44.4 Å². The van der Waals surface area contributed by atoms with E-state index in [4.69, 9.17) is 0 Å². The second-order valence-corrected chi connectivity index (χ2v) is 8.45. The molecule has 0 aromatic carbocycles. The lowest BCUT2D eigenvalue weighted by Crippen LogP contribution is -2.53. The number of fused-ring (bicyclic) bond motifs is 2. The van der Waals surface area contributed by atoms with Crippen molar-refractivity contribution in [2.75, 3.05) is 19.6 Å². The van der Waals surface area contributed by atoms with Gasteiger partial charge >= 0.3 is 0 Å². The van der Waals surface area contributed by atoms with Crippen LogP contribution < -0.4 is 0 Å². The van der Waals surface area contributed by atoms with Crippen LogP contribution in [0.2, 0.25) is 0 Å². The molecule has 0 bridgehead atoms. The van der Waals surface area contributed by atoms with Gasteiger partial charge in [-0.15, -0.1) is 10.2 Å². The molecule has 5 rings (SSSR count). The highest BCUT2D eigenvalue weighted by Gasteiger charge is 2.37. The Hall–Kier alpha value is -1.43. The highest BCUT2D eigenvalue weighted by Crippen LogP contribution is 2.39. The van der Waals surface area contributed by atoms with Gasteiger partial charge in [-0.2, -0.15) is 0 Å². The lowest BCUT2D eigenvalue weighted by molar-refractivity contribution is -0.139. The normalized spacial score (nSPS) is 30.0. The van der Waals surface area contributed by atoms with E-state index in [2.05, 4.69) is 24.6 Å². The highest BCUT2D eigenvalue weighted by atomic mass is 16.2. The smallest absolute Gasteiger partial charge is 0.237 e. The first-order chi connectivity index (χ1) is 12.3. The number of carbonyl (C=O) groups is 1. The number of amides is 1. The molecule has 0 unspecified atom stereocenters. The van der Waals surface area contributed by atoms with Gasteiger partial charge in [0.15, 0.2) is 0 Å². The summed E-state index contributed by atoms with van der Waals surface area (Å²) >= 11 is 0. The summed E-state index contributed by atoms with van der Waals surface area (Å²) in [6.45, 7) is 4.17. The van der Waals surface area contributed by atoms with Crippen molar-refractivity contribution < 1.29 is 4.79 Å². The Bertz CT molecular complexity index is 650. The fraction of sp³-hybridized carbons (Fsp3) is 0.842. The molecule has 6 heteroatoms. The van der Waals surface area contributed by atoms with E-state index in [0.717, 1.165) is 37.9 Å². The zero-order valence-electron chi connectivity index (χ0n) is 15.1. The van der Waals surface area contributed by atoms with Crippen LogP contribution >= 0.6 is 0 Å². The van der Waals surface area contributed by atoms with Gasteiger partial charge < -0.3 is 9.47 Å². The van der Waals surface area contributed by atoms with Crippen LogP contribution in [-0.2, 0) is 17.9 Å². The first kappa shape index (κ1) is 15.8. The summed E-state index contributed by atoms with van der Waals surface area (Å²) in [6.07, 6.45) is 10.2. The zero-order valence-corrected chi connectivity index (χ0v) is 15.1. The molecule has 1 aromatic heterocycles. The molecule has 3 heterocycles. The summed E-state index contributed by atoms with van der Waals surface area (Å²) in [5.41, 5.74) is 0. The van der Waals surface area contributed by atoms with Crippen LogP contribution in [0.25, 0.3) is 0 Å². The largest absolute Gasteiger partial charge is 0.338 e. The molecule has 3 fully saturated rings. The van der Waals surface area contributed by atoms with E-state index in [9.17, 15) is 4.79 Å². The summed E-state index contributed by atoms with van der Waals surface area (Å²) in [5, 5.41) is 8.81. The number of hydrogen-bond donors (Lipinski definition) is 0. The van der Waals surface area contributed by atoms with Crippen molar-refractivity contribution in [2.45, 2.75) is 76.4 Å². The van der Waals surface area contributed by atoms with Crippen LogP contribution in [0.3, 0.4) is 0 Å². The fourth-order valence-corrected chi connectivity index (χ4v) is 5.23. The number of aromatic nitrogens is 3. The van der Waals surface area contributed by atoms with Crippen molar-refractivity contribution >= 4 is 5.91 Å². The summed E-state index contributed by atoms with van der Waals surface area (Å²) in [4.78, 5) is 17.5. The second-order valence-electron chi connectivity index (χ2n) is 8.45. The zero-order chi connectivity index (χ0) is 16.8. The van der Waals surface area contributed by atoms with Crippen molar-refractivity contribution in [1.82, 2.24) is 24.6 Å². The Balaban J connectivity index is 1.23. The molecule has 6 nitrogen and oxygen atoms in total. The van der Waals surface area contributed by atoms with Crippen LogP contribution in [0.5, 0.6) is 0 Å². The van der Waals surface area contributed by atoms with Crippen LogP contribution in [0.4, 0.5) is 0 Å². The number of piperidine rings is 1. The first-order valence-electron chi connectivity index (χ1n) is 10.2. The average Bonchev–Trinajstić information content (AvgIpc) is 3.40. The summed E-state index contributed by atoms with van der Waals surface area (Å²) in [7, 11) is 0. The van der Waals surface area contributed by atoms with Gasteiger partial charge in [0.1, 0.15) is 11.6 Å². The maximum Gasteiger partial charge on any atom is 0.237 e. The number of carbonyl (C=O) groups excluding carboxylic acids is 1. The molecular formula is C19H29N5O. The Morgan fingerprint density at radius 2 is 1.80 bits per heavy atom. The minimum absolute atomic E-state index is 0.340. The molecule has 2 aliphatic heterocycles. The third-order valence-corrected chi connectivity index (χ3v) is 6.73. The molecule has 1 saturated heterocycles. The third kappa shape index (κ3) is 2.98. The lowest BCUT2D eigenvalue weighted by Gasteiger charge is -2.44. The molecular weight excluding hydrogens is 314 g/mol. The molecule has 4 aliphatic rings. The molecule has 25 heavy (non-hydrogen) atoms. The standard InChI is InChI=1S/C19H29N5O/c25-18(23-9-3-5-14-4-1-2-6-16(14)23)13-22-10-11-24-17(12-22)20-21-19(24)15-7-8-15/h14-16H,1-13H2/t14-,16+/m0/s1. The van der Waals surface area contributed by atoms with E-state index in [1.165, 1.54) is 57.2 Å². The average molecular weight is 343 g/mol. The van der Waals surface area contributed by atoms with Crippen molar-refractivity contribution in [1.29, 1.82) is 0 Å². The van der Waals surface area contributed by atoms with Crippen molar-refractivity contribution in [3.63, 3.8) is 0 Å². The van der Waals surface area contributed by atoms with Gasteiger partial charge in [-0.3, -0.25) is 9.69 Å². The van der Waals surface area contributed by atoms with Crippen LogP contribution in [0.15, 0.2) is 0 Å². The predicted molar refractivity (Wildman–Crippen MR) is 94.0 cm³/mol. The summed E-state index contributed by atoms with van der Waals surface area (Å²) in [6, 6.07) is 0.518. The number of nitrogens with zero attached hydrogens (tertiary/aromatic N) is 5. The second kappa shape index (κ2) is 6.38. The molecule has 2 saturated carbocycles. The van der Waals surface area contributed by atoms with Crippen LogP contribution in [0.1, 0.15) is 68.9 Å². The van der Waals surface area contributed by atoms with Gasteiger partial charge in [-0.1, -0.05) is 12.8 Å². The number of likely N-dealkylation sites (tertiary alicyclic amines) is 1. The Kier molecular flexibility index (Phi) is 4.03. The predicted octanol–water partition coefficient (Wildman–Crippen LogP) is 2.15. The van der Waals surface area contributed by atoms with Crippen molar-refractivity contribution in [3.8, 4) is 0 Å². The van der Waals surface area contributed by atoms with Crippen molar-refractivity contribution in [2.24, 2.45) is 5.92 Å². The Morgan fingerprint density at radius 1 is 0.960 bits per heavy atom. The van der Waals surface area contributed by atoms with Gasteiger partial charge in [-0.25, -0.2) is 0 Å². The summed E-state index contributed by atoms with van der Waals surface area (Å²) in [5.74, 6) is 3.98. The lowest BCUT2D eigenvalue weighted by atomic mass is 9.78. The van der Waals surface area contributed by atoms with E-state index < -0.39 is 0 Å². The SMILES string of the molecule is O=C(CN1CCn2c(nnc2C2CC2)C1)N1CCC[C@@H]2CCCC[C@H]21. The van der Waals surface area contributed by atoms with Crippen LogP contribution in [0, 0.1) is 5.92 Å². The summed E-state index contributed by atoms with van der Waals surface area (Å²) < 4.78 is 2.30. The van der Waals surface area contributed by atoms with E-state index >= 15 is 0 Å². The molecule has 0 radical (unpaired) electrons. The minimum atomic E-state index is 0.340. The maximum absolute atomic E-state index is 13.0. The number of rotatable bonds is 3. The quantitative estimate of drug-likeness (QED) is 0.844. The van der Waals surface area contributed by atoms with Gasteiger partial charge in [0.2, 0.25) is 5.91 Å². The third-order valence-electron chi connectivity index (χ3n) is 6.73. The monoisotopic (exact) mass is 343 g/mol. The Labute approximate surface area is 149 Å².